The largest absolute Gasteiger partial charge is 0.468 e. The van der Waals surface area contributed by atoms with Crippen LogP contribution >= 0.6 is 0 Å². The van der Waals surface area contributed by atoms with Crippen molar-refractivity contribution in [1.82, 2.24) is 0 Å². The van der Waals surface area contributed by atoms with Crippen LogP contribution in [0, 0.1) is 22.7 Å². The first-order valence-electron chi connectivity index (χ1n) is 13.6. The molecular weight excluding hydrogens is 502 g/mol. The summed E-state index contributed by atoms with van der Waals surface area (Å²) in [5.74, 6) is -2.07. The van der Waals surface area contributed by atoms with E-state index >= 15 is 0 Å². The fraction of sp³-hybridized carbons (Fsp3) is 0.667. The molecular formula is C30H47NO8. The van der Waals surface area contributed by atoms with E-state index in [0.29, 0.717) is 18.4 Å². The summed E-state index contributed by atoms with van der Waals surface area (Å²) in [6.07, 6.45) is 1.09. The van der Waals surface area contributed by atoms with Crippen LogP contribution in [0.1, 0.15) is 87.1 Å². The van der Waals surface area contributed by atoms with Crippen LogP contribution in [-0.2, 0) is 35.1 Å². The molecule has 0 saturated carbocycles. The number of carbonyl (C=O) groups excluding carboxylic acids is 4. The van der Waals surface area contributed by atoms with E-state index in [2.05, 4.69) is 0 Å². The van der Waals surface area contributed by atoms with Gasteiger partial charge in [0.2, 0.25) is 0 Å². The first-order chi connectivity index (χ1) is 17.9. The van der Waals surface area contributed by atoms with Crippen molar-refractivity contribution in [2.45, 2.75) is 93.5 Å². The average molecular weight is 550 g/mol. The van der Waals surface area contributed by atoms with E-state index in [4.69, 9.17) is 24.7 Å². The van der Waals surface area contributed by atoms with E-state index in [0.717, 1.165) is 0 Å². The molecule has 9 heteroatoms. The van der Waals surface area contributed by atoms with E-state index in [-0.39, 0.29) is 48.8 Å². The molecule has 1 aromatic rings. The van der Waals surface area contributed by atoms with E-state index in [1.54, 1.807) is 40.7 Å². The van der Waals surface area contributed by atoms with E-state index < -0.39 is 34.3 Å². The smallest absolute Gasteiger partial charge is 0.326 e. The van der Waals surface area contributed by atoms with Crippen molar-refractivity contribution >= 4 is 23.9 Å². The summed E-state index contributed by atoms with van der Waals surface area (Å²) in [4.78, 5) is 50.7. The molecule has 39 heavy (non-hydrogen) atoms. The zero-order valence-corrected chi connectivity index (χ0v) is 25.3. The van der Waals surface area contributed by atoms with Gasteiger partial charge in [0.05, 0.1) is 30.5 Å². The molecule has 0 bridgehead atoms. The van der Waals surface area contributed by atoms with Gasteiger partial charge in [0, 0.05) is 12.8 Å². The van der Waals surface area contributed by atoms with Gasteiger partial charge >= 0.3 is 23.9 Å². The fourth-order valence-corrected chi connectivity index (χ4v) is 3.16. The topological polar surface area (TPSA) is 131 Å². The van der Waals surface area contributed by atoms with Crippen molar-refractivity contribution in [3.63, 3.8) is 0 Å². The van der Waals surface area contributed by atoms with E-state index in [1.807, 2.05) is 27.7 Å². The molecule has 0 aliphatic carbocycles. The van der Waals surface area contributed by atoms with Gasteiger partial charge in [0.25, 0.3) is 0 Å². The van der Waals surface area contributed by atoms with Gasteiger partial charge in [0.15, 0.2) is 11.5 Å². The molecule has 220 valence electrons. The Morgan fingerprint density at radius 3 is 1.82 bits per heavy atom. The average Bonchev–Trinajstić information content (AvgIpc) is 2.88. The summed E-state index contributed by atoms with van der Waals surface area (Å²) in [6.45, 7) is 16.3. The highest BCUT2D eigenvalue weighted by atomic mass is 16.6. The van der Waals surface area contributed by atoms with Gasteiger partial charge in [-0.1, -0.05) is 40.7 Å². The summed E-state index contributed by atoms with van der Waals surface area (Å²) in [5.41, 5.74) is 3.97. The predicted molar refractivity (Wildman–Crippen MR) is 148 cm³/mol. The molecule has 0 aliphatic heterocycles. The molecule has 0 aromatic heterocycles. The Morgan fingerprint density at radius 1 is 0.846 bits per heavy atom. The minimum atomic E-state index is -1.53. The number of benzene rings is 1. The molecule has 0 heterocycles. The normalized spacial score (nSPS) is 14.3. The summed E-state index contributed by atoms with van der Waals surface area (Å²) in [6, 6.07) is 4.69. The third-order valence-corrected chi connectivity index (χ3v) is 7.56. The minimum absolute atomic E-state index is 0.00659. The zero-order valence-electron chi connectivity index (χ0n) is 25.3. The molecule has 0 fully saturated rings. The quantitative estimate of drug-likeness (QED) is 0.251. The van der Waals surface area contributed by atoms with Crippen LogP contribution in [0.15, 0.2) is 18.2 Å². The number of carbonyl (C=O) groups is 4. The van der Waals surface area contributed by atoms with Crippen molar-refractivity contribution in [1.29, 1.82) is 0 Å². The number of methoxy groups -OCH3 is 1. The molecule has 0 saturated heterocycles. The van der Waals surface area contributed by atoms with E-state index in [1.165, 1.54) is 19.2 Å². The summed E-state index contributed by atoms with van der Waals surface area (Å²) < 4.78 is 21.7. The van der Waals surface area contributed by atoms with Crippen molar-refractivity contribution in [3.05, 3.63) is 23.8 Å². The second-order valence-corrected chi connectivity index (χ2v) is 11.8. The first kappa shape index (κ1) is 34.1. The molecule has 9 nitrogen and oxygen atoms in total. The van der Waals surface area contributed by atoms with Gasteiger partial charge in [-0.2, -0.15) is 0 Å². The van der Waals surface area contributed by atoms with Crippen molar-refractivity contribution in [3.8, 4) is 11.5 Å². The minimum Gasteiger partial charge on any atom is -0.468 e. The number of nitrogens with two attached hydrogens (primary N) is 1. The maximum atomic E-state index is 12.9. The third-order valence-electron chi connectivity index (χ3n) is 7.56. The van der Waals surface area contributed by atoms with Crippen molar-refractivity contribution in [2.75, 3.05) is 13.7 Å². The van der Waals surface area contributed by atoms with Crippen LogP contribution in [0.25, 0.3) is 0 Å². The van der Waals surface area contributed by atoms with Crippen LogP contribution in [0.4, 0.5) is 0 Å². The number of esters is 4. The molecule has 1 rings (SSSR count). The monoisotopic (exact) mass is 549 g/mol. The molecule has 0 aliphatic rings. The zero-order chi connectivity index (χ0) is 30.2. The Bertz CT molecular complexity index is 1030. The van der Waals surface area contributed by atoms with Gasteiger partial charge in [-0.15, -0.1) is 0 Å². The first-order valence-corrected chi connectivity index (χ1v) is 13.6. The summed E-state index contributed by atoms with van der Waals surface area (Å²) in [5, 5.41) is 0. The molecule has 2 N–H and O–H groups in total. The predicted octanol–water partition coefficient (Wildman–Crippen LogP) is 5.01. The summed E-state index contributed by atoms with van der Waals surface area (Å²) >= 11 is 0. The Morgan fingerprint density at radius 2 is 1.36 bits per heavy atom. The van der Waals surface area contributed by atoms with Gasteiger partial charge in [-0.05, 0) is 64.2 Å². The van der Waals surface area contributed by atoms with Gasteiger partial charge in [-0.25, -0.2) is 0 Å². The molecule has 1 aromatic carbocycles. The van der Waals surface area contributed by atoms with Gasteiger partial charge in [0.1, 0.15) is 5.54 Å². The second-order valence-electron chi connectivity index (χ2n) is 11.8. The maximum absolute atomic E-state index is 12.9. The number of ether oxygens (including phenoxy) is 4. The standard InChI is InChI=1S/C30H47NO8/c1-11-28(6,7)25(33)38-22-14-13-21(17-23(22)39-26(34)29(8,9)12-2)18-30(31,27(35)36-10)15-16-37-24(32)20(5)19(3)4/h13-14,17,19-20H,11-12,15-16,18,31H2,1-10H3/t20?,30-/m1/s1. The molecule has 2 atom stereocenters. The lowest BCUT2D eigenvalue weighted by atomic mass is 9.88. The Labute approximate surface area is 233 Å². The second kappa shape index (κ2) is 13.9. The molecule has 0 spiro atoms. The fourth-order valence-electron chi connectivity index (χ4n) is 3.16. The maximum Gasteiger partial charge on any atom is 0.326 e. The highest BCUT2D eigenvalue weighted by molar-refractivity contribution is 5.82. The highest BCUT2D eigenvalue weighted by Crippen LogP contribution is 2.35. The lowest BCUT2D eigenvalue weighted by Gasteiger charge is -2.27. The number of hydrogen-bond donors (Lipinski definition) is 1. The molecule has 1 unspecified atom stereocenters. The van der Waals surface area contributed by atoms with Gasteiger partial charge in [-0.3, -0.25) is 19.2 Å². The van der Waals surface area contributed by atoms with E-state index in [9.17, 15) is 19.2 Å². The Kier molecular flexibility index (Phi) is 12.2. The highest BCUT2D eigenvalue weighted by Gasteiger charge is 2.37. The lowest BCUT2D eigenvalue weighted by molar-refractivity contribution is -0.153. The van der Waals surface area contributed by atoms with Crippen LogP contribution in [-0.4, -0.2) is 43.1 Å². The number of rotatable bonds is 14. The number of hydrogen-bond acceptors (Lipinski definition) is 9. The Balaban J connectivity index is 3.33. The van der Waals surface area contributed by atoms with Crippen LogP contribution in [0.3, 0.4) is 0 Å². The lowest BCUT2D eigenvalue weighted by Crippen LogP contribution is -2.51. The van der Waals surface area contributed by atoms with Crippen LogP contribution in [0.2, 0.25) is 0 Å². The van der Waals surface area contributed by atoms with Crippen molar-refractivity contribution < 1.29 is 38.1 Å². The molecule has 0 radical (unpaired) electrons. The van der Waals surface area contributed by atoms with Crippen LogP contribution < -0.4 is 15.2 Å². The van der Waals surface area contributed by atoms with Crippen molar-refractivity contribution in [2.24, 2.45) is 28.4 Å². The van der Waals surface area contributed by atoms with Gasteiger partial charge < -0.3 is 24.7 Å². The van der Waals surface area contributed by atoms with Crippen LogP contribution in [0.5, 0.6) is 11.5 Å². The summed E-state index contributed by atoms with van der Waals surface area (Å²) in [7, 11) is 1.23. The molecule has 0 amide bonds. The SMILES string of the molecule is CCC(C)(C)C(=O)Oc1ccc(C[C@](N)(CCOC(=O)C(C)C(C)C)C(=O)OC)cc1OC(=O)C(C)(C)CC. The Hall–Kier alpha value is -2.94. The third kappa shape index (κ3) is 9.34.